The van der Waals surface area contributed by atoms with Gasteiger partial charge in [-0.3, -0.25) is 9.59 Å². The standard InChI is InChI=1S/C27H30FN3O4/c1-16-15-30(11-12-31(16)25(33)26(2,3)34)24(32)22-14-21-23(35-22)19(27(4)9-10-27)13-20(29-21)17-5-7-18(28)8-6-17/h5-8,13-14,16,34H,9-12,15H2,1-4H3/t16-/m0/s1. The van der Waals surface area contributed by atoms with Crippen LogP contribution in [0.25, 0.3) is 22.4 Å². The van der Waals surface area contributed by atoms with Gasteiger partial charge in [-0.1, -0.05) is 6.92 Å². The number of rotatable bonds is 4. The number of aliphatic hydroxyl groups is 1. The van der Waals surface area contributed by atoms with Crippen LogP contribution in [-0.2, 0) is 10.2 Å². The Kier molecular flexibility index (Phi) is 5.47. The molecule has 1 aliphatic carbocycles. The Bertz CT molecular complexity index is 1300. The second kappa shape index (κ2) is 8.16. The van der Waals surface area contributed by atoms with Crippen LogP contribution >= 0.6 is 0 Å². The number of hydrogen-bond donors (Lipinski definition) is 1. The molecule has 1 aliphatic heterocycles. The molecule has 2 amide bonds. The molecule has 7 nitrogen and oxygen atoms in total. The van der Waals surface area contributed by atoms with Crippen LogP contribution in [0.4, 0.5) is 4.39 Å². The summed E-state index contributed by atoms with van der Waals surface area (Å²) in [4.78, 5) is 33.9. The molecule has 1 atom stereocenters. The Morgan fingerprint density at radius 3 is 2.46 bits per heavy atom. The predicted molar refractivity (Wildman–Crippen MR) is 129 cm³/mol. The average Bonchev–Trinajstić information content (AvgIpc) is 3.41. The van der Waals surface area contributed by atoms with Gasteiger partial charge in [-0.05, 0) is 69.4 Å². The van der Waals surface area contributed by atoms with E-state index >= 15 is 0 Å². The zero-order chi connectivity index (χ0) is 25.1. The summed E-state index contributed by atoms with van der Waals surface area (Å²) in [7, 11) is 0. The Hall–Kier alpha value is -3.26. The maximum atomic E-state index is 13.4. The number of amides is 2. The van der Waals surface area contributed by atoms with Crippen molar-refractivity contribution in [1.82, 2.24) is 14.8 Å². The lowest BCUT2D eigenvalue weighted by Gasteiger charge is -2.41. The lowest BCUT2D eigenvalue weighted by atomic mass is 9.96. The Morgan fingerprint density at radius 2 is 1.86 bits per heavy atom. The molecule has 2 aliphatic rings. The van der Waals surface area contributed by atoms with Crippen LogP contribution in [0.5, 0.6) is 0 Å². The van der Waals surface area contributed by atoms with Gasteiger partial charge in [-0.2, -0.15) is 0 Å². The van der Waals surface area contributed by atoms with E-state index in [1.807, 2.05) is 13.0 Å². The lowest BCUT2D eigenvalue weighted by molar-refractivity contribution is -0.152. The SMILES string of the molecule is C[C@H]1CN(C(=O)c2cc3nc(-c4ccc(F)cc4)cc(C4(C)CC4)c3o2)CCN1C(=O)C(C)(C)O. The predicted octanol–water partition coefficient (Wildman–Crippen LogP) is 4.13. The normalized spacial score (nSPS) is 19.8. The first-order valence-electron chi connectivity index (χ1n) is 12.0. The lowest BCUT2D eigenvalue weighted by Crippen LogP contribution is -2.59. The molecule has 0 spiro atoms. The first kappa shape index (κ1) is 23.5. The quantitative estimate of drug-likeness (QED) is 0.608. The molecule has 2 fully saturated rings. The number of nitrogens with zero attached hydrogens (tertiary/aromatic N) is 3. The van der Waals surface area contributed by atoms with Crippen molar-refractivity contribution in [2.75, 3.05) is 19.6 Å². The molecule has 1 aromatic carbocycles. The van der Waals surface area contributed by atoms with Crippen LogP contribution in [0.15, 0.2) is 40.8 Å². The van der Waals surface area contributed by atoms with Crippen molar-refractivity contribution in [3.8, 4) is 11.3 Å². The first-order chi connectivity index (χ1) is 16.5. The minimum atomic E-state index is -1.46. The third-order valence-corrected chi connectivity index (χ3v) is 7.18. The van der Waals surface area contributed by atoms with E-state index in [2.05, 4.69) is 6.92 Å². The van der Waals surface area contributed by atoms with Crippen LogP contribution in [-0.4, -0.2) is 63.0 Å². The van der Waals surface area contributed by atoms with E-state index in [0.717, 1.165) is 24.0 Å². The number of fused-ring (bicyclic) bond motifs is 1. The van der Waals surface area contributed by atoms with Crippen molar-refractivity contribution in [3.63, 3.8) is 0 Å². The Labute approximate surface area is 203 Å². The van der Waals surface area contributed by atoms with Crippen LogP contribution in [0.1, 0.15) is 56.7 Å². The number of carbonyl (C=O) groups excluding carboxylic acids is 2. The molecule has 35 heavy (non-hydrogen) atoms. The smallest absolute Gasteiger partial charge is 0.289 e. The van der Waals surface area contributed by atoms with E-state index in [-0.39, 0.29) is 34.8 Å². The van der Waals surface area contributed by atoms with Gasteiger partial charge in [0.25, 0.3) is 11.8 Å². The second-order valence-electron chi connectivity index (χ2n) is 10.6. The topological polar surface area (TPSA) is 86.9 Å². The summed E-state index contributed by atoms with van der Waals surface area (Å²) in [6.07, 6.45) is 2.04. The van der Waals surface area contributed by atoms with E-state index in [0.29, 0.717) is 36.4 Å². The largest absolute Gasteiger partial charge is 0.449 e. The summed E-state index contributed by atoms with van der Waals surface area (Å²) in [5.41, 5.74) is 2.25. The molecule has 0 bridgehead atoms. The van der Waals surface area contributed by atoms with Gasteiger partial charge in [0.15, 0.2) is 11.3 Å². The molecule has 3 aromatic rings. The van der Waals surface area contributed by atoms with Crippen molar-refractivity contribution >= 4 is 22.9 Å². The highest BCUT2D eigenvalue weighted by Crippen LogP contribution is 2.50. The van der Waals surface area contributed by atoms with Crippen molar-refractivity contribution < 1.29 is 23.5 Å². The zero-order valence-electron chi connectivity index (χ0n) is 20.5. The third-order valence-electron chi connectivity index (χ3n) is 7.18. The monoisotopic (exact) mass is 479 g/mol. The Balaban J connectivity index is 1.45. The molecular formula is C27H30FN3O4. The van der Waals surface area contributed by atoms with Crippen LogP contribution < -0.4 is 0 Å². The summed E-state index contributed by atoms with van der Waals surface area (Å²) in [5, 5.41) is 10.1. The number of halogens is 1. The van der Waals surface area contributed by atoms with E-state index < -0.39 is 5.60 Å². The van der Waals surface area contributed by atoms with Gasteiger partial charge in [-0.15, -0.1) is 0 Å². The minimum absolute atomic E-state index is 0.0360. The van der Waals surface area contributed by atoms with Gasteiger partial charge < -0.3 is 19.3 Å². The summed E-state index contributed by atoms with van der Waals surface area (Å²) in [5.74, 6) is -0.691. The molecule has 0 radical (unpaired) electrons. The maximum Gasteiger partial charge on any atom is 0.289 e. The first-order valence-corrected chi connectivity index (χ1v) is 12.0. The molecule has 1 N–H and O–H groups in total. The van der Waals surface area contributed by atoms with E-state index in [1.165, 1.54) is 26.0 Å². The highest BCUT2D eigenvalue weighted by atomic mass is 19.1. The summed E-state index contributed by atoms with van der Waals surface area (Å²) in [6.45, 7) is 8.01. The highest BCUT2D eigenvalue weighted by molar-refractivity contribution is 5.97. The molecule has 8 heteroatoms. The molecular weight excluding hydrogens is 449 g/mol. The average molecular weight is 480 g/mol. The minimum Gasteiger partial charge on any atom is -0.449 e. The summed E-state index contributed by atoms with van der Waals surface area (Å²) < 4.78 is 19.6. The van der Waals surface area contributed by atoms with Crippen LogP contribution in [0.2, 0.25) is 0 Å². The third kappa shape index (κ3) is 4.31. The number of aromatic nitrogens is 1. The van der Waals surface area contributed by atoms with Gasteiger partial charge in [-0.25, -0.2) is 9.37 Å². The van der Waals surface area contributed by atoms with Gasteiger partial charge in [0, 0.05) is 42.9 Å². The maximum absolute atomic E-state index is 13.4. The van der Waals surface area contributed by atoms with Crippen LogP contribution in [0.3, 0.4) is 0 Å². The summed E-state index contributed by atoms with van der Waals surface area (Å²) in [6, 6.07) is 9.65. The van der Waals surface area contributed by atoms with Crippen LogP contribution in [0, 0.1) is 5.82 Å². The fourth-order valence-corrected chi connectivity index (χ4v) is 4.75. The molecule has 184 valence electrons. The number of furan rings is 1. The number of carbonyl (C=O) groups is 2. The van der Waals surface area contributed by atoms with E-state index in [9.17, 15) is 19.1 Å². The second-order valence-corrected chi connectivity index (χ2v) is 10.6. The number of hydrogen-bond acceptors (Lipinski definition) is 5. The van der Waals surface area contributed by atoms with E-state index in [1.54, 1.807) is 28.0 Å². The van der Waals surface area contributed by atoms with Gasteiger partial charge >= 0.3 is 0 Å². The fourth-order valence-electron chi connectivity index (χ4n) is 4.75. The van der Waals surface area contributed by atoms with Crippen molar-refractivity contribution in [3.05, 3.63) is 53.5 Å². The molecule has 1 saturated heterocycles. The number of piperazine rings is 1. The van der Waals surface area contributed by atoms with E-state index in [4.69, 9.17) is 9.40 Å². The fraction of sp³-hybridized carbons (Fsp3) is 0.444. The van der Waals surface area contributed by atoms with Crippen molar-refractivity contribution in [1.29, 1.82) is 0 Å². The zero-order valence-corrected chi connectivity index (χ0v) is 20.5. The van der Waals surface area contributed by atoms with Gasteiger partial charge in [0.05, 0.1) is 5.69 Å². The molecule has 5 rings (SSSR count). The van der Waals surface area contributed by atoms with Gasteiger partial charge in [0.2, 0.25) is 0 Å². The molecule has 1 saturated carbocycles. The number of benzene rings is 1. The number of pyridine rings is 1. The highest BCUT2D eigenvalue weighted by Gasteiger charge is 2.42. The van der Waals surface area contributed by atoms with Crippen molar-refractivity contribution in [2.45, 2.75) is 57.6 Å². The molecule has 3 heterocycles. The molecule has 0 unspecified atom stereocenters. The summed E-state index contributed by atoms with van der Waals surface area (Å²) >= 11 is 0. The molecule has 2 aromatic heterocycles. The Morgan fingerprint density at radius 1 is 1.17 bits per heavy atom. The van der Waals surface area contributed by atoms with Gasteiger partial charge in [0.1, 0.15) is 16.9 Å². The van der Waals surface area contributed by atoms with Crippen molar-refractivity contribution in [2.24, 2.45) is 0 Å².